The molecule has 1 aliphatic rings. The molecule has 0 bridgehead atoms. The van der Waals surface area contributed by atoms with E-state index in [0.717, 1.165) is 11.3 Å². The minimum atomic E-state index is -3.62. The van der Waals surface area contributed by atoms with Gasteiger partial charge in [-0.3, -0.25) is 4.99 Å². The lowest BCUT2D eigenvalue weighted by Crippen LogP contribution is -2.50. The van der Waals surface area contributed by atoms with Gasteiger partial charge in [-0.05, 0) is 43.7 Å². The Morgan fingerprint density at radius 1 is 1.21 bits per heavy atom. The fraction of sp³-hybridized carbons (Fsp3) is 0.263. The molecule has 0 aliphatic carbocycles. The molecule has 2 N–H and O–H groups in total. The molecule has 152 valence electrons. The van der Waals surface area contributed by atoms with Crippen molar-refractivity contribution in [1.29, 1.82) is 0 Å². The first-order valence-electron chi connectivity index (χ1n) is 8.63. The van der Waals surface area contributed by atoms with Crippen LogP contribution >= 0.6 is 11.3 Å². The summed E-state index contributed by atoms with van der Waals surface area (Å²) in [5, 5.41) is 0. The summed E-state index contributed by atoms with van der Waals surface area (Å²) in [6.45, 7) is 2.96. The van der Waals surface area contributed by atoms with Crippen LogP contribution in [0, 0.1) is 11.6 Å². The molecule has 6 nitrogen and oxygen atoms in total. The van der Waals surface area contributed by atoms with Gasteiger partial charge in [0.25, 0.3) is 0 Å². The number of halogens is 2. The zero-order valence-electron chi connectivity index (χ0n) is 15.5. The Morgan fingerprint density at radius 2 is 1.93 bits per heavy atom. The molecule has 0 amide bonds. The average molecular weight is 437 g/mol. The molecule has 29 heavy (non-hydrogen) atoms. The van der Waals surface area contributed by atoms with Crippen molar-refractivity contribution < 1.29 is 21.6 Å². The van der Waals surface area contributed by atoms with Gasteiger partial charge in [-0.2, -0.15) is 0 Å². The Kier molecular flexibility index (Phi) is 4.58. The van der Waals surface area contributed by atoms with E-state index in [1.54, 1.807) is 6.07 Å². The van der Waals surface area contributed by atoms with Gasteiger partial charge in [-0.25, -0.2) is 22.2 Å². The van der Waals surface area contributed by atoms with Gasteiger partial charge >= 0.3 is 0 Å². The fourth-order valence-corrected chi connectivity index (χ4v) is 5.67. The zero-order valence-corrected chi connectivity index (χ0v) is 17.2. The molecular formula is C19H17F2N3O3S2. The van der Waals surface area contributed by atoms with Gasteiger partial charge < -0.3 is 10.2 Å². The molecule has 1 aromatic carbocycles. The number of sulfone groups is 1. The Hall–Kier alpha value is -2.59. The van der Waals surface area contributed by atoms with Gasteiger partial charge in [0.05, 0.1) is 16.8 Å². The highest BCUT2D eigenvalue weighted by molar-refractivity contribution is 7.93. The van der Waals surface area contributed by atoms with Crippen molar-refractivity contribution in [2.75, 3.05) is 5.75 Å². The highest BCUT2D eigenvalue weighted by Gasteiger charge is 2.44. The summed E-state index contributed by atoms with van der Waals surface area (Å²) in [7, 11) is -3.62. The van der Waals surface area contributed by atoms with E-state index in [-0.39, 0.29) is 16.5 Å². The molecule has 3 aromatic rings. The average Bonchev–Trinajstić information content (AvgIpc) is 3.29. The minimum Gasteiger partial charge on any atom is -0.444 e. The van der Waals surface area contributed by atoms with E-state index in [0.29, 0.717) is 21.8 Å². The van der Waals surface area contributed by atoms with Crippen molar-refractivity contribution in [3.63, 3.8) is 0 Å². The highest BCUT2D eigenvalue weighted by atomic mass is 32.2. The predicted octanol–water partition coefficient (Wildman–Crippen LogP) is 3.95. The lowest BCUT2D eigenvalue weighted by molar-refractivity contribution is 0.555. The van der Waals surface area contributed by atoms with Crippen LogP contribution in [0.3, 0.4) is 0 Å². The minimum absolute atomic E-state index is 0.0542. The van der Waals surface area contributed by atoms with Gasteiger partial charge in [0.15, 0.2) is 22.0 Å². The molecule has 0 radical (unpaired) electrons. The number of oxazole rings is 1. The third-order valence-electron chi connectivity index (χ3n) is 4.98. The summed E-state index contributed by atoms with van der Waals surface area (Å²) in [6, 6.07) is 4.52. The van der Waals surface area contributed by atoms with Crippen molar-refractivity contribution in [2.24, 2.45) is 10.7 Å². The van der Waals surface area contributed by atoms with Crippen LogP contribution in [0.4, 0.5) is 8.78 Å². The molecule has 0 saturated heterocycles. The van der Waals surface area contributed by atoms with Gasteiger partial charge in [-0.15, -0.1) is 11.3 Å². The van der Waals surface area contributed by atoms with Crippen LogP contribution in [0.5, 0.6) is 0 Å². The number of nitrogens with two attached hydrogens (primary N) is 1. The smallest absolute Gasteiger partial charge is 0.181 e. The number of aromatic nitrogens is 1. The maximum atomic E-state index is 14.7. The first kappa shape index (κ1) is 19.7. The number of aliphatic imine (C=N–C) groups is 1. The number of nitrogens with zero attached hydrogens (tertiary/aromatic N) is 2. The standard InChI is InChI=1S/C19H17F2N3O3S2/c1-19(2)18(22)24-14(8-29(19,25)26)17-13(21)6-16(28-17)11-3-10(4-12(20)5-11)15-7-23-9-27-15/h3-7,9,14H,8H2,1-2H3,(H2,22,24)/t14-/m0/s1. The van der Waals surface area contributed by atoms with Crippen molar-refractivity contribution >= 4 is 27.0 Å². The van der Waals surface area contributed by atoms with Crippen LogP contribution in [-0.2, 0) is 9.84 Å². The Balaban J connectivity index is 1.76. The van der Waals surface area contributed by atoms with Crippen LogP contribution in [-0.4, -0.2) is 29.7 Å². The third-order valence-corrected chi connectivity index (χ3v) is 8.76. The number of benzene rings is 1. The molecule has 0 saturated carbocycles. The van der Waals surface area contributed by atoms with Crippen molar-refractivity contribution in [1.82, 2.24) is 4.98 Å². The molecule has 0 fully saturated rings. The summed E-state index contributed by atoms with van der Waals surface area (Å²) in [6.07, 6.45) is 2.68. The molecule has 2 aromatic heterocycles. The molecule has 0 spiro atoms. The fourth-order valence-electron chi connectivity index (χ4n) is 3.06. The second-order valence-corrected chi connectivity index (χ2v) is 10.9. The predicted molar refractivity (Wildman–Crippen MR) is 107 cm³/mol. The van der Waals surface area contributed by atoms with Crippen LogP contribution < -0.4 is 5.73 Å². The molecule has 0 unspecified atom stereocenters. The number of hydrogen-bond donors (Lipinski definition) is 1. The molecule has 1 atom stereocenters. The molecular weight excluding hydrogens is 420 g/mol. The maximum absolute atomic E-state index is 14.7. The normalized spacial score (nSPS) is 20.4. The van der Waals surface area contributed by atoms with Crippen LogP contribution in [0.1, 0.15) is 24.8 Å². The Morgan fingerprint density at radius 3 is 2.59 bits per heavy atom. The van der Waals surface area contributed by atoms with E-state index < -0.39 is 32.3 Å². The zero-order chi connectivity index (χ0) is 21.0. The highest BCUT2D eigenvalue weighted by Crippen LogP contribution is 2.40. The lowest BCUT2D eigenvalue weighted by atomic mass is 10.1. The third kappa shape index (κ3) is 3.36. The van der Waals surface area contributed by atoms with E-state index in [2.05, 4.69) is 9.98 Å². The summed E-state index contributed by atoms with van der Waals surface area (Å²) in [4.78, 5) is 8.63. The van der Waals surface area contributed by atoms with Crippen LogP contribution in [0.25, 0.3) is 21.8 Å². The maximum Gasteiger partial charge on any atom is 0.181 e. The number of thiophene rings is 1. The quantitative estimate of drug-likeness (QED) is 0.669. The molecule has 1 aliphatic heterocycles. The van der Waals surface area contributed by atoms with Crippen LogP contribution in [0.15, 0.2) is 46.3 Å². The second kappa shape index (κ2) is 6.74. The number of amidine groups is 1. The SMILES string of the molecule is CC1(C)C(N)=N[C@H](c2sc(-c3cc(F)cc(-c4cnco4)c3)cc2F)CS1(=O)=O. The second-order valence-electron chi connectivity index (χ2n) is 7.24. The van der Waals surface area contributed by atoms with Crippen molar-refractivity contribution in [3.05, 3.63) is 53.4 Å². The van der Waals surface area contributed by atoms with Crippen LogP contribution in [0.2, 0.25) is 0 Å². The first-order chi connectivity index (χ1) is 13.6. The summed E-state index contributed by atoms with van der Waals surface area (Å²) in [5.41, 5.74) is 6.75. The van der Waals surface area contributed by atoms with Gasteiger partial charge in [0.2, 0.25) is 0 Å². The van der Waals surface area contributed by atoms with Gasteiger partial charge in [-0.1, -0.05) is 0 Å². The van der Waals surface area contributed by atoms with Gasteiger partial charge in [0.1, 0.15) is 28.3 Å². The van der Waals surface area contributed by atoms with E-state index in [1.807, 2.05) is 0 Å². The van der Waals surface area contributed by atoms with E-state index >= 15 is 0 Å². The number of hydrogen-bond acceptors (Lipinski definition) is 7. The summed E-state index contributed by atoms with van der Waals surface area (Å²) < 4.78 is 57.9. The summed E-state index contributed by atoms with van der Waals surface area (Å²) >= 11 is 1.02. The Labute approximate surface area is 170 Å². The summed E-state index contributed by atoms with van der Waals surface area (Å²) in [5.74, 6) is -1.15. The largest absolute Gasteiger partial charge is 0.444 e. The monoisotopic (exact) mass is 437 g/mol. The lowest BCUT2D eigenvalue weighted by Gasteiger charge is -2.31. The van der Waals surface area contributed by atoms with Crippen molar-refractivity contribution in [2.45, 2.75) is 24.6 Å². The molecule has 3 heterocycles. The Bertz CT molecular complexity index is 1220. The van der Waals surface area contributed by atoms with E-state index in [9.17, 15) is 17.2 Å². The first-order valence-corrected chi connectivity index (χ1v) is 11.1. The molecule has 10 heteroatoms. The number of rotatable bonds is 3. The molecule has 4 rings (SSSR count). The van der Waals surface area contributed by atoms with E-state index in [1.165, 1.54) is 44.6 Å². The van der Waals surface area contributed by atoms with Crippen molar-refractivity contribution in [3.8, 4) is 21.8 Å². The topological polar surface area (TPSA) is 98.5 Å². The van der Waals surface area contributed by atoms with E-state index in [4.69, 9.17) is 10.2 Å². The van der Waals surface area contributed by atoms with Gasteiger partial charge in [0, 0.05) is 10.4 Å².